The van der Waals surface area contributed by atoms with E-state index < -0.39 is 0 Å². The van der Waals surface area contributed by atoms with Crippen LogP contribution in [0, 0.1) is 13.8 Å². The summed E-state index contributed by atoms with van der Waals surface area (Å²) in [5.41, 5.74) is 1.10. The molecule has 0 aliphatic rings. The lowest BCUT2D eigenvalue weighted by Gasteiger charge is -2.09. The van der Waals surface area contributed by atoms with Crippen molar-refractivity contribution in [3.63, 3.8) is 0 Å². The van der Waals surface area contributed by atoms with Gasteiger partial charge in [-0.3, -0.25) is 4.79 Å². The van der Waals surface area contributed by atoms with E-state index >= 15 is 0 Å². The van der Waals surface area contributed by atoms with E-state index in [2.05, 4.69) is 17.2 Å². The van der Waals surface area contributed by atoms with Crippen molar-refractivity contribution in [2.75, 3.05) is 20.6 Å². The Labute approximate surface area is 101 Å². The molecule has 1 heterocycles. The second kappa shape index (κ2) is 5.96. The van der Waals surface area contributed by atoms with Gasteiger partial charge < -0.3 is 10.2 Å². The fourth-order valence-electron chi connectivity index (χ4n) is 1.23. The van der Waals surface area contributed by atoms with Gasteiger partial charge >= 0.3 is 0 Å². The number of thiazole rings is 1. The fraction of sp³-hybridized carbons (Fsp3) is 0.636. The third kappa shape index (κ3) is 3.90. The molecule has 1 rings (SSSR count). The molecule has 90 valence electrons. The molecule has 0 saturated carbocycles. The van der Waals surface area contributed by atoms with Crippen LogP contribution in [0.1, 0.15) is 22.0 Å². The minimum absolute atomic E-state index is 0.152. The Morgan fingerprint density at radius 1 is 1.44 bits per heavy atom. The molecular formula is C11H19N3OS. The van der Waals surface area contributed by atoms with Crippen LogP contribution in [0.3, 0.4) is 0 Å². The van der Waals surface area contributed by atoms with Crippen LogP contribution in [-0.4, -0.2) is 36.4 Å². The average molecular weight is 241 g/mol. The molecule has 0 spiro atoms. The predicted molar refractivity (Wildman–Crippen MR) is 66.6 cm³/mol. The average Bonchev–Trinajstić information content (AvgIpc) is 2.53. The third-order valence-electron chi connectivity index (χ3n) is 2.36. The number of carbonyl (C=O) groups is 1. The third-order valence-corrected chi connectivity index (χ3v) is 3.44. The highest BCUT2D eigenvalue weighted by molar-refractivity contribution is 7.11. The molecule has 1 N–H and O–H groups in total. The summed E-state index contributed by atoms with van der Waals surface area (Å²) >= 11 is 1.71. The van der Waals surface area contributed by atoms with E-state index in [-0.39, 0.29) is 5.91 Å². The summed E-state index contributed by atoms with van der Waals surface area (Å²) in [4.78, 5) is 18.6. The van der Waals surface area contributed by atoms with Gasteiger partial charge in [0.25, 0.3) is 0 Å². The predicted octanol–water partition coefficient (Wildman–Crippen LogP) is 1.33. The minimum Gasteiger partial charge on any atom is -0.349 e. The van der Waals surface area contributed by atoms with Crippen molar-refractivity contribution in [2.45, 2.75) is 26.8 Å². The van der Waals surface area contributed by atoms with Gasteiger partial charge in [0.2, 0.25) is 5.91 Å². The number of nitrogens with zero attached hydrogens (tertiary/aromatic N) is 2. The normalized spacial score (nSPS) is 10.5. The van der Waals surface area contributed by atoms with Gasteiger partial charge in [-0.1, -0.05) is 0 Å². The Hall–Kier alpha value is -0.940. The lowest BCUT2D eigenvalue weighted by Crippen LogP contribution is -2.26. The Bertz CT molecular complexity index is 341. The zero-order valence-electron chi connectivity index (χ0n) is 10.3. The van der Waals surface area contributed by atoms with Crippen molar-refractivity contribution in [1.29, 1.82) is 0 Å². The topological polar surface area (TPSA) is 45.2 Å². The Morgan fingerprint density at radius 2 is 2.12 bits per heavy atom. The molecule has 0 radical (unpaired) electrons. The summed E-state index contributed by atoms with van der Waals surface area (Å²) < 4.78 is 0. The van der Waals surface area contributed by atoms with Gasteiger partial charge in [-0.25, -0.2) is 4.98 Å². The summed E-state index contributed by atoms with van der Waals surface area (Å²) in [5, 5.41) is 4.32. The van der Waals surface area contributed by atoms with Gasteiger partial charge in [-0.15, -0.1) is 11.3 Å². The number of rotatable bonds is 5. The van der Waals surface area contributed by atoms with Crippen LogP contribution in [0.25, 0.3) is 0 Å². The van der Waals surface area contributed by atoms with Crippen molar-refractivity contribution in [3.05, 3.63) is 15.6 Å². The standard InChI is InChI=1S/C11H19N3OS/c1-8-9(2)16-10(13-8)7-12-6-5-11(15)14(3)4/h12H,5-7H2,1-4H3. The van der Waals surface area contributed by atoms with Crippen LogP contribution in [-0.2, 0) is 11.3 Å². The number of hydrogen-bond donors (Lipinski definition) is 1. The van der Waals surface area contributed by atoms with Crippen LogP contribution in [0.5, 0.6) is 0 Å². The zero-order valence-corrected chi connectivity index (χ0v) is 11.1. The van der Waals surface area contributed by atoms with E-state index in [0.717, 1.165) is 17.2 Å². The van der Waals surface area contributed by atoms with Crippen molar-refractivity contribution >= 4 is 17.2 Å². The molecule has 1 amide bonds. The molecule has 5 heteroatoms. The molecule has 0 aliphatic carbocycles. The van der Waals surface area contributed by atoms with E-state index in [0.29, 0.717) is 13.0 Å². The number of hydrogen-bond acceptors (Lipinski definition) is 4. The minimum atomic E-state index is 0.152. The summed E-state index contributed by atoms with van der Waals surface area (Å²) in [6.45, 7) is 5.55. The maximum Gasteiger partial charge on any atom is 0.223 e. The Kier molecular flexibility index (Phi) is 4.89. The molecule has 1 aromatic heterocycles. The quantitative estimate of drug-likeness (QED) is 0.791. The van der Waals surface area contributed by atoms with E-state index in [1.807, 2.05) is 6.92 Å². The van der Waals surface area contributed by atoms with E-state index in [1.54, 1.807) is 30.3 Å². The van der Waals surface area contributed by atoms with Gasteiger partial charge in [0.1, 0.15) is 5.01 Å². The van der Waals surface area contributed by atoms with Crippen LogP contribution in [0.15, 0.2) is 0 Å². The number of aryl methyl sites for hydroxylation is 2. The molecule has 0 bridgehead atoms. The number of carbonyl (C=O) groups excluding carboxylic acids is 1. The van der Waals surface area contributed by atoms with Crippen molar-refractivity contribution in [3.8, 4) is 0 Å². The highest BCUT2D eigenvalue weighted by atomic mass is 32.1. The SMILES string of the molecule is Cc1nc(CNCCC(=O)N(C)C)sc1C. The van der Waals surface area contributed by atoms with Crippen molar-refractivity contribution < 1.29 is 4.79 Å². The molecule has 0 unspecified atom stereocenters. The molecule has 0 aliphatic heterocycles. The second-order valence-electron chi connectivity index (χ2n) is 3.96. The highest BCUT2D eigenvalue weighted by Crippen LogP contribution is 2.15. The molecule has 0 atom stereocenters. The maximum absolute atomic E-state index is 11.3. The zero-order chi connectivity index (χ0) is 12.1. The summed E-state index contributed by atoms with van der Waals surface area (Å²) in [7, 11) is 3.55. The first-order valence-electron chi connectivity index (χ1n) is 5.34. The molecule has 0 aromatic carbocycles. The largest absolute Gasteiger partial charge is 0.349 e. The van der Waals surface area contributed by atoms with Crippen LogP contribution < -0.4 is 5.32 Å². The van der Waals surface area contributed by atoms with Crippen LogP contribution in [0.2, 0.25) is 0 Å². The molecule has 16 heavy (non-hydrogen) atoms. The Morgan fingerprint density at radius 3 is 2.62 bits per heavy atom. The van der Waals surface area contributed by atoms with Crippen LogP contribution in [0.4, 0.5) is 0 Å². The number of amides is 1. The van der Waals surface area contributed by atoms with Crippen molar-refractivity contribution in [2.24, 2.45) is 0 Å². The maximum atomic E-state index is 11.3. The lowest BCUT2D eigenvalue weighted by molar-refractivity contribution is -0.128. The Balaban J connectivity index is 2.23. The summed E-state index contributed by atoms with van der Waals surface area (Å²) in [6, 6.07) is 0. The van der Waals surface area contributed by atoms with Crippen molar-refractivity contribution in [1.82, 2.24) is 15.2 Å². The summed E-state index contributed by atoms with van der Waals surface area (Å²) in [6.07, 6.45) is 0.538. The smallest absolute Gasteiger partial charge is 0.223 e. The molecule has 4 nitrogen and oxygen atoms in total. The van der Waals surface area contributed by atoms with E-state index in [1.165, 1.54) is 4.88 Å². The van der Waals surface area contributed by atoms with Gasteiger partial charge in [0.05, 0.1) is 5.69 Å². The molecule has 0 saturated heterocycles. The van der Waals surface area contributed by atoms with Gasteiger partial charge in [0, 0.05) is 38.5 Å². The lowest BCUT2D eigenvalue weighted by atomic mass is 10.4. The van der Waals surface area contributed by atoms with Gasteiger partial charge in [0.15, 0.2) is 0 Å². The van der Waals surface area contributed by atoms with E-state index in [4.69, 9.17) is 0 Å². The number of nitrogens with one attached hydrogen (secondary N) is 1. The molecule has 1 aromatic rings. The molecular weight excluding hydrogens is 222 g/mol. The first kappa shape index (κ1) is 13.1. The highest BCUT2D eigenvalue weighted by Gasteiger charge is 2.05. The monoisotopic (exact) mass is 241 g/mol. The first-order chi connectivity index (χ1) is 7.50. The van der Waals surface area contributed by atoms with Gasteiger partial charge in [-0.2, -0.15) is 0 Å². The van der Waals surface area contributed by atoms with Gasteiger partial charge in [-0.05, 0) is 13.8 Å². The first-order valence-corrected chi connectivity index (χ1v) is 6.16. The molecule has 0 fully saturated rings. The van der Waals surface area contributed by atoms with Crippen LogP contribution >= 0.6 is 11.3 Å². The fourth-order valence-corrected chi connectivity index (χ4v) is 2.13. The second-order valence-corrected chi connectivity index (χ2v) is 5.25. The van der Waals surface area contributed by atoms with E-state index in [9.17, 15) is 4.79 Å². The number of aromatic nitrogens is 1. The summed E-state index contributed by atoms with van der Waals surface area (Å²) in [5.74, 6) is 0.152.